The first-order valence-corrected chi connectivity index (χ1v) is 20.9. The van der Waals surface area contributed by atoms with Gasteiger partial charge in [0, 0.05) is 23.0 Å². The summed E-state index contributed by atoms with van der Waals surface area (Å²) in [6.45, 7) is 0. The van der Waals surface area contributed by atoms with Crippen molar-refractivity contribution in [2.24, 2.45) is 0 Å². The Morgan fingerprint density at radius 3 is 1.51 bits per heavy atom. The van der Waals surface area contributed by atoms with Crippen LogP contribution < -0.4 is 4.90 Å². The maximum atomic E-state index is 2.51. The van der Waals surface area contributed by atoms with Crippen LogP contribution in [0.5, 0.6) is 0 Å². The van der Waals surface area contributed by atoms with Crippen LogP contribution in [0.1, 0.15) is 51.3 Å². The molecule has 1 spiro atoms. The number of aryl methyl sites for hydroxylation is 1. The Kier molecular flexibility index (Phi) is 7.71. The molecule has 9 aromatic carbocycles. The minimum absolute atomic E-state index is 0.312. The van der Waals surface area contributed by atoms with E-state index in [-0.39, 0.29) is 0 Å². The normalized spacial score (nSPS) is 14.9. The second kappa shape index (κ2) is 13.4. The van der Waals surface area contributed by atoms with Gasteiger partial charge in [0.25, 0.3) is 0 Å². The smallest absolute Gasteiger partial charge is 0.0726 e. The maximum Gasteiger partial charge on any atom is 0.0726 e. The predicted octanol–water partition coefficient (Wildman–Crippen LogP) is 14.9. The number of anilines is 3. The molecule has 0 amide bonds. The van der Waals surface area contributed by atoms with Gasteiger partial charge in [0.15, 0.2) is 0 Å². The first-order valence-electron chi connectivity index (χ1n) is 20.9. The van der Waals surface area contributed by atoms with Crippen molar-refractivity contribution in [2.75, 3.05) is 4.90 Å². The number of rotatable bonds is 5. The summed E-state index contributed by atoms with van der Waals surface area (Å²) in [5.74, 6) is 0.312. The lowest BCUT2D eigenvalue weighted by Crippen LogP contribution is -2.26. The summed E-state index contributed by atoms with van der Waals surface area (Å²) < 4.78 is 0. The molecule has 278 valence electrons. The molecule has 0 bridgehead atoms. The second-order valence-corrected chi connectivity index (χ2v) is 16.3. The van der Waals surface area contributed by atoms with E-state index in [1.807, 2.05) is 0 Å². The summed E-state index contributed by atoms with van der Waals surface area (Å²) in [6, 6.07) is 81.7. The SMILES string of the molecule is c1ccc(-c2ccc(N(c3ccc4c(c3)-c3ccccc3CCC4c3ccccc3)c3ccc4c(c3)C3(c5ccccc5-c5ccccc53)c3ccccc3-4)cc2)cc1. The van der Waals surface area contributed by atoms with Gasteiger partial charge in [0.2, 0.25) is 0 Å². The Morgan fingerprint density at radius 2 is 0.847 bits per heavy atom. The third-order valence-corrected chi connectivity index (χ3v) is 13.4. The molecule has 59 heavy (non-hydrogen) atoms. The van der Waals surface area contributed by atoms with Crippen LogP contribution in [-0.4, -0.2) is 0 Å². The van der Waals surface area contributed by atoms with Gasteiger partial charge in [0.1, 0.15) is 0 Å². The lowest BCUT2D eigenvalue weighted by atomic mass is 9.70. The van der Waals surface area contributed by atoms with Gasteiger partial charge in [-0.25, -0.2) is 0 Å². The van der Waals surface area contributed by atoms with Crippen molar-refractivity contribution in [2.45, 2.75) is 24.2 Å². The van der Waals surface area contributed by atoms with E-state index in [4.69, 9.17) is 0 Å². The third-order valence-electron chi connectivity index (χ3n) is 13.4. The van der Waals surface area contributed by atoms with Gasteiger partial charge in [-0.1, -0.05) is 182 Å². The van der Waals surface area contributed by atoms with Crippen LogP contribution >= 0.6 is 0 Å². The molecular weight excluding hydrogens is 711 g/mol. The van der Waals surface area contributed by atoms with Crippen LogP contribution in [0.15, 0.2) is 218 Å². The molecule has 0 N–H and O–H groups in total. The van der Waals surface area contributed by atoms with Crippen molar-refractivity contribution >= 4 is 17.1 Å². The van der Waals surface area contributed by atoms with Crippen LogP contribution in [0.2, 0.25) is 0 Å². The Labute approximate surface area is 346 Å². The summed E-state index contributed by atoms with van der Waals surface area (Å²) in [7, 11) is 0. The average Bonchev–Trinajstić information content (AvgIpc) is 3.70. The van der Waals surface area contributed by atoms with E-state index in [1.54, 1.807) is 0 Å². The van der Waals surface area contributed by atoms with Gasteiger partial charge < -0.3 is 4.90 Å². The molecular formula is C58H41N. The van der Waals surface area contributed by atoms with Crippen molar-refractivity contribution < 1.29 is 0 Å². The Bertz CT molecular complexity index is 2990. The van der Waals surface area contributed by atoms with Gasteiger partial charge in [-0.15, -0.1) is 0 Å². The van der Waals surface area contributed by atoms with Crippen molar-refractivity contribution in [1.82, 2.24) is 0 Å². The number of hydrogen-bond acceptors (Lipinski definition) is 1. The van der Waals surface area contributed by atoms with E-state index >= 15 is 0 Å². The maximum absolute atomic E-state index is 2.51. The number of fused-ring (bicyclic) bond motifs is 13. The molecule has 3 aliphatic rings. The van der Waals surface area contributed by atoms with Crippen LogP contribution in [-0.2, 0) is 11.8 Å². The first kappa shape index (κ1) is 33.9. The third kappa shape index (κ3) is 5.11. The van der Waals surface area contributed by atoms with E-state index in [1.165, 1.54) is 83.5 Å². The zero-order valence-electron chi connectivity index (χ0n) is 32.7. The monoisotopic (exact) mass is 751 g/mol. The minimum atomic E-state index is -0.423. The molecule has 0 saturated heterocycles. The number of benzene rings is 9. The van der Waals surface area contributed by atoms with Gasteiger partial charge >= 0.3 is 0 Å². The Hall–Kier alpha value is -7.22. The van der Waals surface area contributed by atoms with E-state index in [0.717, 1.165) is 29.9 Å². The summed E-state index contributed by atoms with van der Waals surface area (Å²) >= 11 is 0. The van der Waals surface area contributed by atoms with Gasteiger partial charge in [-0.2, -0.15) is 0 Å². The second-order valence-electron chi connectivity index (χ2n) is 16.3. The summed E-state index contributed by atoms with van der Waals surface area (Å²) in [6.07, 6.45) is 2.12. The minimum Gasteiger partial charge on any atom is -0.310 e. The van der Waals surface area contributed by atoms with E-state index in [9.17, 15) is 0 Å². The number of nitrogens with zero attached hydrogens (tertiary/aromatic N) is 1. The summed E-state index contributed by atoms with van der Waals surface area (Å²) in [5.41, 5.74) is 22.9. The fourth-order valence-electron chi connectivity index (χ4n) is 10.8. The van der Waals surface area contributed by atoms with E-state index in [2.05, 4.69) is 223 Å². The molecule has 1 unspecified atom stereocenters. The molecule has 0 aromatic heterocycles. The average molecular weight is 752 g/mol. The van der Waals surface area contributed by atoms with Crippen LogP contribution in [0, 0.1) is 0 Å². The summed E-state index contributed by atoms with van der Waals surface area (Å²) in [4.78, 5) is 2.49. The zero-order chi connectivity index (χ0) is 38.9. The Balaban J connectivity index is 1.10. The largest absolute Gasteiger partial charge is 0.310 e. The molecule has 9 aromatic rings. The van der Waals surface area contributed by atoms with Crippen LogP contribution in [0.25, 0.3) is 44.5 Å². The first-order chi connectivity index (χ1) is 29.3. The molecule has 1 nitrogen and oxygen atoms in total. The lowest BCUT2D eigenvalue weighted by molar-refractivity contribution is 0.726. The van der Waals surface area contributed by atoms with Crippen molar-refractivity contribution in [1.29, 1.82) is 0 Å². The standard InChI is InChI=1S/C58H41N/c1-3-15-39(16-4-1)40-27-30-43(31-28-40)59(44-32-35-48-47(41-17-5-2-6-18-41)34-29-42-19-7-8-20-46(42)53(48)37-44)45-33-36-52-51-23-11-14-26-56(51)58(57(52)38-45)54-24-12-9-21-49(54)50-22-10-13-25-55(50)58/h1-28,30-33,35-38,47H,29,34H2. The lowest BCUT2D eigenvalue weighted by Gasteiger charge is -2.32. The summed E-state index contributed by atoms with van der Waals surface area (Å²) in [5, 5.41) is 0. The highest BCUT2D eigenvalue weighted by Gasteiger charge is 2.51. The fraction of sp³-hybridized carbons (Fsp3) is 0.0690. The number of hydrogen-bond donors (Lipinski definition) is 0. The van der Waals surface area contributed by atoms with Gasteiger partial charge in [-0.3, -0.25) is 0 Å². The fourth-order valence-corrected chi connectivity index (χ4v) is 10.8. The zero-order valence-corrected chi connectivity index (χ0v) is 32.7. The molecule has 0 heterocycles. The highest BCUT2D eigenvalue weighted by atomic mass is 15.1. The molecule has 12 rings (SSSR count). The molecule has 1 atom stereocenters. The quantitative estimate of drug-likeness (QED) is 0.169. The molecule has 0 fully saturated rings. The Morgan fingerprint density at radius 1 is 0.356 bits per heavy atom. The topological polar surface area (TPSA) is 3.24 Å². The molecule has 0 saturated carbocycles. The van der Waals surface area contributed by atoms with Gasteiger partial charge in [0.05, 0.1) is 5.41 Å². The van der Waals surface area contributed by atoms with Gasteiger partial charge in [-0.05, 0) is 133 Å². The van der Waals surface area contributed by atoms with Crippen LogP contribution in [0.3, 0.4) is 0 Å². The van der Waals surface area contributed by atoms with Crippen molar-refractivity contribution in [3.63, 3.8) is 0 Å². The highest BCUT2D eigenvalue weighted by molar-refractivity contribution is 5.96. The molecule has 0 radical (unpaired) electrons. The van der Waals surface area contributed by atoms with E-state index < -0.39 is 5.41 Å². The van der Waals surface area contributed by atoms with E-state index in [0.29, 0.717) is 5.92 Å². The molecule has 0 aliphatic heterocycles. The van der Waals surface area contributed by atoms with Crippen LogP contribution in [0.4, 0.5) is 17.1 Å². The van der Waals surface area contributed by atoms with Crippen molar-refractivity contribution in [3.05, 3.63) is 257 Å². The van der Waals surface area contributed by atoms with Crippen molar-refractivity contribution in [3.8, 4) is 44.5 Å². The predicted molar refractivity (Wildman–Crippen MR) is 245 cm³/mol. The highest BCUT2D eigenvalue weighted by Crippen LogP contribution is 2.63. The molecule has 3 aliphatic carbocycles. The molecule has 1 heteroatoms.